The standard InChI is InChI=1S/C26H48N6O7/c1-13(2)10-17(27)23(36)29-18(8-9-21(28)35)24(37)30-19(11-14(3)4)25(38)32-22(16(7)34)26(39)31-20(12-33)15(5)6/h12-20,22,34H,8-11,27H2,1-7H3,(H2,28,35)(H,29,36)(H,30,37)(H,31,39)(H,32,38)/t16-,17+,18+,19+,20-,22+/m1/s1. The van der Waals surface area contributed by atoms with Crippen molar-refractivity contribution in [3.05, 3.63) is 0 Å². The molecule has 0 radical (unpaired) electrons. The Balaban J connectivity index is 5.78. The predicted octanol–water partition coefficient (Wildman–Crippen LogP) is -1.15. The molecule has 0 aliphatic heterocycles. The van der Waals surface area contributed by atoms with E-state index in [1.165, 1.54) is 6.92 Å². The van der Waals surface area contributed by atoms with Crippen LogP contribution in [0.1, 0.15) is 74.1 Å². The van der Waals surface area contributed by atoms with Gasteiger partial charge in [0.05, 0.1) is 18.2 Å². The van der Waals surface area contributed by atoms with Crippen molar-refractivity contribution in [3.63, 3.8) is 0 Å². The quantitative estimate of drug-likeness (QED) is 0.102. The second-order valence-electron chi connectivity index (χ2n) is 11.1. The number of aliphatic hydroxyl groups is 1. The topological polar surface area (TPSA) is 223 Å². The Hall–Kier alpha value is -3.06. The van der Waals surface area contributed by atoms with E-state index in [9.17, 15) is 33.9 Å². The smallest absolute Gasteiger partial charge is 0.245 e. The Morgan fingerprint density at radius 1 is 0.744 bits per heavy atom. The minimum absolute atomic E-state index is 0.0709. The number of amides is 5. The van der Waals surface area contributed by atoms with Gasteiger partial charge >= 0.3 is 0 Å². The van der Waals surface area contributed by atoms with Crippen molar-refractivity contribution in [1.82, 2.24) is 21.3 Å². The third-order valence-electron chi connectivity index (χ3n) is 5.95. The monoisotopic (exact) mass is 556 g/mol. The molecule has 0 aliphatic carbocycles. The van der Waals surface area contributed by atoms with E-state index in [2.05, 4.69) is 21.3 Å². The first kappa shape index (κ1) is 35.9. The first-order valence-corrected chi connectivity index (χ1v) is 13.4. The summed E-state index contributed by atoms with van der Waals surface area (Å²) in [6, 6.07) is -5.44. The van der Waals surface area contributed by atoms with Gasteiger partial charge in [-0.2, -0.15) is 0 Å². The van der Waals surface area contributed by atoms with Gasteiger partial charge < -0.3 is 42.6 Å². The Labute approximate surface area is 231 Å². The Morgan fingerprint density at radius 3 is 1.69 bits per heavy atom. The molecule has 0 rings (SSSR count). The van der Waals surface area contributed by atoms with Crippen molar-refractivity contribution in [2.75, 3.05) is 0 Å². The number of aliphatic hydroxyl groups excluding tert-OH is 1. The van der Waals surface area contributed by atoms with Gasteiger partial charge in [0.1, 0.15) is 24.4 Å². The summed E-state index contributed by atoms with van der Waals surface area (Å²) in [6.45, 7) is 12.2. The van der Waals surface area contributed by atoms with Gasteiger partial charge in [0, 0.05) is 6.42 Å². The maximum atomic E-state index is 13.2. The molecule has 13 nitrogen and oxygen atoms in total. The van der Waals surface area contributed by atoms with E-state index >= 15 is 0 Å². The molecule has 0 aromatic rings. The summed E-state index contributed by atoms with van der Waals surface area (Å²) in [5.41, 5.74) is 11.2. The van der Waals surface area contributed by atoms with Crippen LogP contribution in [0, 0.1) is 17.8 Å². The second-order valence-corrected chi connectivity index (χ2v) is 11.1. The molecule has 9 N–H and O–H groups in total. The lowest BCUT2D eigenvalue weighted by molar-refractivity contribution is -0.136. The Kier molecular flexibility index (Phi) is 16.1. The second kappa shape index (κ2) is 17.5. The third kappa shape index (κ3) is 14.1. The molecule has 0 heterocycles. The lowest BCUT2D eigenvalue weighted by Crippen LogP contribution is -2.60. The molecular formula is C26H48N6O7. The molecule has 0 bridgehead atoms. The number of hydrogen-bond donors (Lipinski definition) is 7. The van der Waals surface area contributed by atoms with Gasteiger partial charge in [-0.3, -0.25) is 24.0 Å². The normalized spacial score (nSPS) is 16.0. The fourth-order valence-electron chi connectivity index (χ4n) is 3.70. The summed E-state index contributed by atoms with van der Waals surface area (Å²) in [5, 5.41) is 20.2. The summed E-state index contributed by atoms with van der Waals surface area (Å²) >= 11 is 0. The lowest BCUT2D eigenvalue weighted by Gasteiger charge is -2.28. The number of primary amides is 1. The molecule has 0 aliphatic rings. The van der Waals surface area contributed by atoms with Gasteiger partial charge in [-0.05, 0) is 43.9 Å². The molecule has 0 saturated carbocycles. The van der Waals surface area contributed by atoms with Crippen molar-refractivity contribution >= 4 is 35.8 Å². The molecule has 0 unspecified atom stereocenters. The highest BCUT2D eigenvalue weighted by Gasteiger charge is 2.33. The van der Waals surface area contributed by atoms with Crippen molar-refractivity contribution in [2.45, 2.75) is 110 Å². The van der Waals surface area contributed by atoms with Gasteiger partial charge in [-0.15, -0.1) is 0 Å². The zero-order valence-corrected chi connectivity index (χ0v) is 24.2. The Morgan fingerprint density at radius 2 is 1.26 bits per heavy atom. The van der Waals surface area contributed by atoms with Crippen LogP contribution in [0.25, 0.3) is 0 Å². The molecule has 5 amide bonds. The molecular weight excluding hydrogens is 508 g/mol. The number of nitrogens with two attached hydrogens (primary N) is 2. The number of carbonyl (C=O) groups is 6. The van der Waals surface area contributed by atoms with E-state index in [0.29, 0.717) is 12.7 Å². The summed E-state index contributed by atoms with van der Waals surface area (Å²) in [6.07, 6.45) is -0.515. The molecule has 13 heteroatoms. The summed E-state index contributed by atoms with van der Waals surface area (Å²) < 4.78 is 0. The predicted molar refractivity (Wildman–Crippen MR) is 146 cm³/mol. The summed E-state index contributed by atoms with van der Waals surface area (Å²) in [4.78, 5) is 74.4. The van der Waals surface area contributed by atoms with Crippen LogP contribution >= 0.6 is 0 Å². The maximum Gasteiger partial charge on any atom is 0.245 e. The van der Waals surface area contributed by atoms with E-state index in [4.69, 9.17) is 11.5 Å². The molecule has 0 aromatic carbocycles. The van der Waals surface area contributed by atoms with Crippen LogP contribution in [0.5, 0.6) is 0 Å². The Bertz CT molecular complexity index is 847. The number of aldehydes is 1. The summed E-state index contributed by atoms with van der Waals surface area (Å²) in [7, 11) is 0. The highest BCUT2D eigenvalue weighted by Crippen LogP contribution is 2.09. The van der Waals surface area contributed by atoms with Crippen LogP contribution in [0.15, 0.2) is 0 Å². The minimum Gasteiger partial charge on any atom is -0.391 e. The van der Waals surface area contributed by atoms with E-state index in [-0.39, 0.29) is 37.0 Å². The van der Waals surface area contributed by atoms with Crippen LogP contribution < -0.4 is 32.7 Å². The molecule has 6 atom stereocenters. The van der Waals surface area contributed by atoms with Crippen molar-refractivity contribution in [1.29, 1.82) is 0 Å². The number of carbonyl (C=O) groups excluding carboxylic acids is 6. The first-order chi connectivity index (χ1) is 18.0. The van der Waals surface area contributed by atoms with E-state index < -0.39 is 65.8 Å². The van der Waals surface area contributed by atoms with Crippen LogP contribution in [0.3, 0.4) is 0 Å². The fourth-order valence-corrected chi connectivity index (χ4v) is 3.70. The zero-order valence-electron chi connectivity index (χ0n) is 24.2. The average Bonchev–Trinajstić information content (AvgIpc) is 2.81. The van der Waals surface area contributed by atoms with Crippen molar-refractivity contribution in [3.8, 4) is 0 Å². The summed E-state index contributed by atoms with van der Waals surface area (Å²) in [5.74, 6) is -3.66. The molecule has 0 aromatic heterocycles. The van der Waals surface area contributed by atoms with Crippen LogP contribution in [0.2, 0.25) is 0 Å². The zero-order chi connectivity index (χ0) is 30.4. The highest BCUT2D eigenvalue weighted by atomic mass is 16.3. The number of rotatable bonds is 18. The molecule has 224 valence electrons. The largest absolute Gasteiger partial charge is 0.391 e. The van der Waals surface area contributed by atoms with E-state index in [1.807, 2.05) is 27.7 Å². The molecule has 39 heavy (non-hydrogen) atoms. The minimum atomic E-state index is -1.40. The maximum absolute atomic E-state index is 13.2. The van der Waals surface area contributed by atoms with Gasteiger partial charge in [0.15, 0.2) is 0 Å². The lowest BCUT2D eigenvalue weighted by atomic mass is 10.00. The fraction of sp³-hybridized carbons (Fsp3) is 0.769. The third-order valence-corrected chi connectivity index (χ3v) is 5.95. The van der Waals surface area contributed by atoms with E-state index in [0.717, 1.165) is 0 Å². The van der Waals surface area contributed by atoms with Crippen LogP contribution in [0.4, 0.5) is 0 Å². The van der Waals surface area contributed by atoms with E-state index in [1.54, 1.807) is 13.8 Å². The molecule has 0 fully saturated rings. The van der Waals surface area contributed by atoms with Crippen molar-refractivity contribution < 1.29 is 33.9 Å². The first-order valence-electron chi connectivity index (χ1n) is 13.4. The number of nitrogens with one attached hydrogen (secondary N) is 4. The van der Waals surface area contributed by atoms with Gasteiger partial charge in [0.2, 0.25) is 29.5 Å². The highest BCUT2D eigenvalue weighted by molar-refractivity contribution is 5.95. The van der Waals surface area contributed by atoms with Crippen LogP contribution in [-0.2, 0) is 28.8 Å². The average molecular weight is 557 g/mol. The number of hydrogen-bond acceptors (Lipinski definition) is 8. The SMILES string of the molecule is CC(C)C[C@H](NC(=O)[C@H](CCC(N)=O)NC(=O)[C@@H](N)CC(C)C)C(=O)N[C@H](C(=O)N[C@H](C=O)C(C)C)[C@@H](C)O. The van der Waals surface area contributed by atoms with Crippen molar-refractivity contribution in [2.24, 2.45) is 29.2 Å². The van der Waals surface area contributed by atoms with Gasteiger partial charge in [-0.1, -0.05) is 41.5 Å². The molecule has 0 spiro atoms. The van der Waals surface area contributed by atoms with Crippen LogP contribution in [-0.4, -0.2) is 77.2 Å². The van der Waals surface area contributed by atoms with Gasteiger partial charge in [0.25, 0.3) is 0 Å². The van der Waals surface area contributed by atoms with Gasteiger partial charge in [-0.25, -0.2) is 0 Å². The molecule has 0 saturated heterocycles.